The molecule has 166 valence electrons. The number of rotatable bonds is 7. The summed E-state index contributed by atoms with van der Waals surface area (Å²) < 4.78 is 0. The number of hydrogen-bond donors (Lipinski definition) is 2. The molecule has 2 amide bonds. The maximum Gasteiger partial charge on any atom is 0.271 e. The number of carbonyl (C=O) groups excluding carboxylic acids is 2. The summed E-state index contributed by atoms with van der Waals surface area (Å²) in [4.78, 5) is 25.3. The molecular weight excluding hydrogens is 424 g/mol. The minimum Gasteiger partial charge on any atom is -0.267 e. The number of carbonyl (C=O) groups is 2. The first kappa shape index (κ1) is 22.4. The van der Waals surface area contributed by atoms with E-state index in [0.717, 1.165) is 11.1 Å². The molecule has 6 heteroatoms. The van der Waals surface area contributed by atoms with Crippen LogP contribution in [0.15, 0.2) is 132 Å². The third-order valence-electron chi connectivity index (χ3n) is 4.93. The largest absolute Gasteiger partial charge is 0.271 e. The van der Waals surface area contributed by atoms with Gasteiger partial charge < -0.3 is 0 Å². The summed E-state index contributed by atoms with van der Waals surface area (Å²) in [5.74, 6) is -0.704. The molecule has 0 fully saturated rings. The lowest BCUT2D eigenvalue weighted by molar-refractivity contribution is 0.0946. The Balaban J connectivity index is 1.73. The number of hydrogen-bond acceptors (Lipinski definition) is 4. The minimum absolute atomic E-state index is 0.352. The Bertz CT molecular complexity index is 1200. The van der Waals surface area contributed by atoms with Gasteiger partial charge in [0, 0.05) is 22.3 Å². The summed E-state index contributed by atoms with van der Waals surface area (Å²) in [6, 6.07) is 36.4. The van der Waals surface area contributed by atoms with E-state index in [1.54, 1.807) is 48.5 Å². The van der Waals surface area contributed by atoms with E-state index in [1.807, 2.05) is 72.8 Å². The van der Waals surface area contributed by atoms with Gasteiger partial charge in [-0.25, -0.2) is 10.9 Å². The van der Waals surface area contributed by atoms with E-state index in [2.05, 4.69) is 21.1 Å². The van der Waals surface area contributed by atoms with E-state index in [4.69, 9.17) is 0 Å². The predicted octanol–water partition coefficient (Wildman–Crippen LogP) is 4.66. The van der Waals surface area contributed by atoms with Gasteiger partial charge in [0.25, 0.3) is 11.8 Å². The fraction of sp³-hybridized carbons (Fsp3) is 0. The second-order valence-electron chi connectivity index (χ2n) is 7.27. The highest BCUT2D eigenvalue weighted by Gasteiger charge is 2.17. The van der Waals surface area contributed by atoms with E-state index in [1.165, 1.54) is 0 Å². The first-order valence-electron chi connectivity index (χ1n) is 10.7. The third kappa shape index (κ3) is 5.69. The van der Waals surface area contributed by atoms with Gasteiger partial charge >= 0.3 is 0 Å². The molecule has 6 nitrogen and oxygen atoms in total. The van der Waals surface area contributed by atoms with Crippen molar-refractivity contribution >= 4 is 23.2 Å². The van der Waals surface area contributed by atoms with Gasteiger partial charge in [-0.2, -0.15) is 10.2 Å². The molecule has 0 unspecified atom stereocenters. The molecule has 0 radical (unpaired) electrons. The van der Waals surface area contributed by atoms with Crippen LogP contribution in [0.4, 0.5) is 0 Å². The van der Waals surface area contributed by atoms with Crippen LogP contribution in [0.25, 0.3) is 0 Å². The van der Waals surface area contributed by atoms with Crippen LogP contribution in [0.3, 0.4) is 0 Å². The summed E-state index contributed by atoms with van der Waals surface area (Å²) >= 11 is 0. The lowest BCUT2D eigenvalue weighted by atomic mass is 10.00. The van der Waals surface area contributed by atoms with Gasteiger partial charge in [0.05, 0.1) is 0 Å². The SMILES string of the molecule is O=C(N/N=C(\C(=N\NC(=O)c1ccccc1)c1ccccc1)c1ccccc1)c1ccccc1. The van der Waals surface area contributed by atoms with Crippen LogP contribution in [0, 0.1) is 0 Å². The minimum atomic E-state index is -0.352. The fourth-order valence-electron chi connectivity index (χ4n) is 3.22. The van der Waals surface area contributed by atoms with Gasteiger partial charge in [-0.3, -0.25) is 9.59 Å². The molecule has 0 aliphatic carbocycles. The van der Waals surface area contributed by atoms with Crippen LogP contribution in [0.5, 0.6) is 0 Å². The number of nitrogens with zero attached hydrogens (tertiary/aromatic N) is 2. The molecule has 0 spiro atoms. The number of nitrogens with one attached hydrogen (secondary N) is 2. The van der Waals surface area contributed by atoms with Crippen molar-refractivity contribution in [1.82, 2.24) is 10.9 Å². The highest BCUT2D eigenvalue weighted by Crippen LogP contribution is 2.11. The molecule has 0 aliphatic rings. The number of benzene rings is 4. The van der Waals surface area contributed by atoms with E-state index in [-0.39, 0.29) is 11.8 Å². The van der Waals surface area contributed by atoms with Crippen LogP contribution in [-0.2, 0) is 0 Å². The second kappa shape index (κ2) is 11.2. The Hall–Kier alpha value is -4.84. The van der Waals surface area contributed by atoms with Crippen molar-refractivity contribution in [2.24, 2.45) is 10.2 Å². The zero-order chi connectivity index (χ0) is 23.6. The first-order valence-corrected chi connectivity index (χ1v) is 10.7. The zero-order valence-electron chi connectivity index (χ0n) is 18.3. The quantitative estimate of drug-likeness (QED) is 0.320. The summed E-state index contributed by atoms with van der Waals surface area (Å²) in [7, 11) is 0. The molecule has 0 aromatic heterocycles. The van der Waals surface area contributed by atoms with Gasteiger partial charge in [-0.05, 0) is 24.3 Å². The van der Waals surface area contributed by atoms with Crippen LogP contribution in [0.2, 0.25) is 0 Å². The average molecular weight is 447 g/mol. The summed E-state index contributed by atoms with van der Waals surface area (Å²) in [6.45, 7) is 0. The van der Waals surface area contributed by atoms with Gasteiger partial charge in [0.15, 0.2) is 0 Å². The number of hydrazone groups is 2. The average Bonchev–Trinajstić information content (AvgIpc) is 2.92. The molecule has 4 aromatic rings. The smallest absolute Gasteiger partial charge is 0.267 e. The maximum atomic E-state index is 12.7. The molecule has 0 aliphatic heterocycles. The molecule has 0 saturated heterocycles. The Kier molecular flexibility index (Phi) is 7.33. The lowest BCUT2D eigenvalue weighted by Gasteiger charge is -2.12. The normalized spacial score (nSPS) is 11.5. The standard InChI is InChI=1S/C28H22N4O2/c33-27(23-17-9-3-10-18-23)31-29-25(21-13-5-1-6-14-21)26(22-15-7-2-8-16-22)30-32-28(34)24-19-11-4-12-20-24/h1-20H,(H,31,33)(H,32,34)/b29-25-,30-26+. The molecule has 4 rings (SSSR count). The highest BCUT2D eigenvalue weighted by molar-refractivity contribution is 6.53. The number of amides is 2. The van der Waals surface area contributed by atoms with Crippen molar-refractivity contribution in [2.45, 2.75) is 0 Å². The Morgan fingerprint density at radius 1 is 0.412 bits per heavy atom. The maximum absolute atomic E-state index is 12.7. The van der Waals surface area contributed by atoms with Crippen LogP contribution < -0.4 is 10.9 Å². The fourth-order valence-corrected chi connectivity index (χ4v) is 3.22. The highest BCUT2D eigenvalue weighted by atomic mass is 16.2. The van der Waals surface area contributed by atoms with E-state index >= 15 is 0 Å². The molecule has 34 heavy (non-hydrogen) atoms. The van der Waals surface area contributed by atoms with E-state index in [9.17, 15) is 9.59 Å². The lowest BCUT2D eigenvalue weighted by Crippen LogP contribution is -2.28. The van der Waals surface area contributed by atoms with Crippen molar-refractivity contribution in [3.63, 3.8) is 0 Å². The molecule has 4 aromatic carbocycles. The topological polar surface area (TPSA) is 82.9 Å². The molecular formula is C28H22N4O2. The summed E-state index contributed by atoms with van der Waals surface area (Å²) in [6.07, 6.45) is 0. The van der Waals surface area contributed by atoms with Crippen LogP contribution in [0.1, 0.15) is 31.8 Å². The monoisotopic (exact) mass is 446 g/mol. The van der Waals surface area contributed by atoms with Crippen molar-refractivity contribution in [1.29, 1.82) is 0 Å². The van der Waals surface area contributed by atoms with Crippen LogP contribution >= 0.6 is 0 Å². The van der Waals surface area contributed by atoms with E-state index in [0.29, 0.717) is 22.6 Å². The Morgan fingerprint density at radius 3 is 0.971 bits per heavy atom. The van der Waals surface area contributed by atoms with Crippen LogP contribution in [-0.4, -0.2) is 23.2 Å². The zero-order valence-corrected chi connectivity index (χ0v) is 18.3. The van der Waals surface area contributed by atoms with Crippen molar-refractivity contribution in [3.8, 4) is 0 Å². The van der Waals surface area contributed by atoms with Crippen molar-refractivity contribution in [2.75, 3.05) is 0 Å². The van der Waals surface area contributed by atoms with Gasteiger partial charge in [-0.1, -0.05) is 97.1 Å². The molecule has 0 saturated carbocycles. The van der Waals surface area contributed by atoms with Crippen molar-refractivity contribution < 1.29 is 9.59 Å². The molecule has 0 heterocycles. The molecule has 2 N–H and O–H groups in total. The first-order chi connectivity index (χ1) is 16.7. The van der Waals surface area contributed by atoms with Crippen molar-refractivity contribution in [3.05, 3.63) is 144 Å². The Labute approximate surface area is 197 Å². The molecule has 0 bridgehead atoms. The molecule has 0 atom stereocenters. The van der Waals surface area contributed by atoms with Gasteiger partial charge in [0.1, 0.15) is 11.4 Å². The second-order valence-corrected chi connectivity index (χ2v) is 7.27. The van der Waals surface area contributed by atoms with E-state index < -0.39 is 0 Å². The Morgan fingerprint density at radius 2 is 0.676 bits per heavy atom. The summed E-state index contributed by atoms with van der Waals surface area (Å²) in [5.41, 5.74) is 8.48. The third-order valence-corrected chi connectivity index (χ3v) is 4.93. The van der Waals surface area contributed by atoms with Gasteiger partial charge in [0.2, 0.25) is 0 Å². The summed E-state index contributed by atoms with van der Waals surface area (Å²) in [5, 5.41) is 8.87. The predicted molar refractivity (Wildman–Crippen MR) is 134 cm³/mol. The van der Waals surface area contributed by atoms with Gasteiger partial charge in [-0.15, -0.1) is 0 Å².